The van der Waals surface area contributed by atoms with E-state index in [9.17, 15) is 24.5 Å². The fraction of sp³-hybridized carbons (Fsp3) is 0.350. The molecule has 0 radical (unpaired) electrons. The fourth-order valence-corrected chi connectivity index (χ4v) is 6.32. The van der Waals surface area contributed by atoms with Crippen molar-refractivity contribution >= 4 is 62.5 Å². The molecule has 0 aliphatic carbocycles. The van der Waals surface area contributed by atoms with Crippen molar-refractivity contribution in [3.05, 3.63) is 62.3 Å². The molecule has 2 aliphatic rings. The van der Waals surface area contributed by atoms with Crippen molar-refractivity contribution in [3.8, 4) is 0 Å². The third-order valence-electron chi connectivity index (χ3n) is 5.16. The highest BCUT2D eigenvalue weighted by Crippen LogP contribution is 2.42. The number of hydrogen-bond acceptors (Lipinski definition) is 8. The Morgan fingerprint density at radius 2 is 2.06 bits per heavy atom. The summed E-state index contributed by atoms with van der Waals surface area (Å²) < 4.78 is 4.33. The first kappa shape index (κ1) is 22.7. The number of benzene rings is 1. The molecule has 32 heavy (non-hydrogen) atoms. The highest BCUT2D eigenvalue weighted by atomic mass is 79.9. The number of amides is 2. The molecule has 2 aromatic rings. The number of esters is 1. The van der Waals surface area contributed by atoms with Gasteiger partial charge in [0.15, 0.2) is 0 Å². The topological polar surface area (TPSA) is 119 Å². The lowest BCUT2D eigenvalue weighted by Gasteiger charge is -2.52. The maximum atomic E-state index is 12.7. The Morgan fingerprint density at radius 3 is 2.72 bits per heavy atom. The first-order valence-corrected chi connectivity index (χ1v) is 12.3. The number of non-ortho nitro benzene ring substituents is 1. The minimum absolute atomic E-state index is 0.0341. The summed E-state index contributed by atoms with van der Waals surface area (Å²) in [6.07, 6.45) is 0.232. The summed E-state index contributed by atoms with van der Waals surface area (Å²) in [5.74, 6) is -0.574. The molecule has 12 heteroatoms. The molecular formula is C20H18BrN3O6S2. The van der Waals surface area contributed by atoms with E-state index in [0.29, 0.717) is 11.3 Å². The van der Waals surface area contributed by atoms with Crippen LogP contribution >= 0.6 is 39.0 Å². The first-order chi connectivity index (χ1) is 15.3. The number of nitrogens with zero attached hydrogens (tertiary/aromatic N) is 2. The largest absolute Gasteiger partial charge is 0.460 e. The van der Waals surface area contributed by atoms with Crippen LogP contribution in [-0.4, -0.2) is 55.6 Å². The van der Waals surface area contributed by atoms with Gasteiger partial charge in [0.05, 0.1) is 11.3 Å². The summed E-state index contributed by atoms with van der Waals surface area (Å²) in [5, 5.41) is 15.2. The average molecular weight is 540 g/mol. The Bertz CT molecular complexity index is 1050. The van der Waals surface area contributed by atoms with Crippen LogP contribution in [-0.2, 0) is 32.1 Å². The SMILES string of the molecule is O=C(Cc1cccs1)NC1C(=O)N2CC(Br)(C(=O)OCc3ccc([N+](=O)[O-])cc3)CS[C@H]12. The van der Waals surface area contributed by atoms with Crippen LogP contribution in [0.3, 0.4) is 0 Å². The van der Waals surface area contributed by atoms with Gasteiger partial charge in [0.25, 0.3) is 5.69 Å². The van der Waals surface area contributed by atoms with Gasteiger partial charge in [0, 0.05) is 29.3 Å². The average Bonchev–Trinajstić information content (AvgIpc) is 3.29. The lowest BCUT2D eigenvalue weighted by Crippen LogP contribution is -2.74. The molecule has 9 nitrogen and oxygen atoms in total. The van der Waals surface area contributed by atoms with Gasteiger partial charge in [0.2, 0.25) is 11.8 Å². The molecule has 2 amide bonds. The number of rotatable bonds is 7. The second-order valence-electron chi connectivity index (χ2n) is 7.43. The quantitative estimate of drug-likeness (QED) is 0.189. The lowest BCUT2D eigenvalue weighted by atomic mass is 10.0. The zero-order valence-corrected chi connectivity index (χ0v) is 19.8. The van der Waals surface area contributed by atoms with Gasteiger partial charge in [-0.05, 0) is 29.1 Å². The number of alkyl halides is 1. The number of carbonyl (C=O) groups is 3. The molecule has 2 fully saturated rings. The van der Waals surface area contributed by atoms with E-state index in [0.717, 1.165) is 4.88 Å². The van der Waals surface area contributed by atoms with Crippen molar-refractivity contribution < 1.29 is 24.0 Å². The second-order valence-corrected chi connectivity index (χ2v) is 11.1. The van der Waals surface area contributed by atoms with E-state index in [1.807, 2.05) is 17.5 Å². The predicted molar refractivity (Wildman–Crippen MR) is 122 cm³/mol. The van der Waals surface area contributed by atoms with Crippen molar-refractivity contribution in [1.29, 1.82) is 0 Å². The first-order valence-electron chi connectivity index (χ1n) is 9.60. The van der Waals surface area contributed by atoms with Gasteiger partial charge in [-0.15, -0.1) is 23.1 Å². The van der Waals surface area contributed by atoms with Crippen molar-refractivity contribution in [3.63, 3.8) is 0 Å². The van der Waals surface area contributed by atoms with Crippen LogP contribution in [0.5, 0.6) is 0 Å². The number of thioether (sulfide) groups is 1. The molecule has 168 valence electrons. The molecular weight excluding hydrogens is 522 g/mol. The van der Waals surface area contributed by atoms with Crippen LogP contribution in [0.25, 0.3) is 0 Å². The predicted octanol–water partition coefficient (Wildman–Crippen LogP) is 2.48. The normalized spacial score (nSPS) is 24.3. The van der Waals surface area contributed by atoms with E-state index in [1.165, 1.54) is 47.4 Å². The Hall–Kier alpha value is -2.44. The van der Waals surface area contributed by atoms with Gasteiger partial charge < -0.3 is 15.0 Å². The molecule has 0 saturated carbocycles. The highest BCUT2D eigenvalue weighted by molar-refractivity contribution is 9.10. The van der Waals surface area contributed by atoms with Gasteiger partial charge in [-0.1, -0.05) is 22.0 Å². The van der Waals surface area contributed by atoms with Crippen LogP contribution < -0.4 is 5.32 Å². The van der Waals surface area contributed by atoms with E-state index in [2.05, 4.69) is 21.2 Å². The van der Waals surface area contributed by atoms with Gasteiger partial charge in [0.1, 0.15) is 22.3 Å². The highest BCUT2D eigenvalue weighted by Gasteiger charge is 2.57. The number of halogens is 1. The molecule has 3 heterocycles. The number of nitrogens with one attached hydrogen (secondary N) is 1. The second kappa shape index (κ2) is 9.20. The summed E-state index contributed by atoms with van der Waals surface area (Å²) in [4.78, 5) is 50.2. The van der Waals surface area contributed by atoms with E-state index < -0.39 is 21.3 Å². The molecule has 3 atom stereocenters. The van der Waals surface area contributed by atoms with Crippen LogP contribution in [0.1, 0.15) is 10.4 Å². The third-order valence-corrected chi connectivity index (χ3v) is 8.79. The molecule has 1 aromatic heterocycles. The summed E-state index contributed by atoms with van der Waals surface area (Å²) in [5.41, 5.74) is 0.579. The minimum Gasteiger partial charge on any atom is -0.460 e. The standard InChI is InChI=1S/C20H18BrN3O6S2/c21-20(19(27)30-9-12-3-5-13(6-4-12)24(28)29)10-23-17(26)16(18(23)32-11-20)22-15(25)8-14-2-1-7-31-14/h1-7,16,18H,8-11H2,(H,22,25)/t16?,18-,20?/m1/s1. The van der Waals surface area contributed by atoms with E-state index in [-0.39, 0.29) is 42.4 Å². The maximum Gasteiger partial charge on any atom is 0.325 e. The number of fused-ring (bicyclic) bond motifs is 1. The summed E-state index contributed by atoms with van der Waals surface area (Å²) >= 11 is 6.33. The van der Waals surface area contributed by atoms with E-state index in [4.69, 9.17) is 4.74 Å². The van der Waals surface area contributed by atoms with E-state index in [1.54, 1.807) is 4.90 Å². The molecule has 1 N–H and O–H groups in total. The molecule has 2 aliphatic heterocycles. The third kappa shape index (κ3) is 4.66. The number of thiophene rings is 1. The molecule has 0 spiro atoms. The lowest BCUT2D eigenvalue weighted by molar-refractivity contribution is -0.384. The summed E-state index contributed by atoms with van der Waals surface area (Å²) in [6, 6.07) is 8.90. The number of nitro benzene ring substituents is 1. The Balaban J connectivity index is 1.29. The van der Waals surface area contributed by atoms with Crippen molar-refractivity contribution in [2.24, 2.45) is 0 Å². The van der Waals surface area contributed by atoms with Crippen LogP contribution in [0.15, 0.2) is 41.8 Å². The van der Waals surface area contributed by atoms with E-state index >= 15 is 0 Å². The van der Waals surface area contributed by atoms with Gasteiger partial charge in [-0.3, -0.25) is 24.5 Å². The summed E-state index contributed by atoms with van der Waals surface area (Å²) in [7, 11) is 0. The Morgan fingerprint density at radius 1 is 1.31 bits per heavy atom. The number of ether oxygens (including phenoxy) is 1. The Labute approximate surface area is 199 Å². The van der Waals surface area contributed by atoms with Crippen LogP contribution in [0.2, 0.25) is 0 Å². The molecule has 2 saturated heterocycles. The van der Waals surface area contributed by atoms with Crippen molar-refractivity contribution in [2.45, 2.75) is 28.8 Å². The van der Waals surface area contributed by atoms with Crippen molar-refractivity contribution in [2.75, 3.05) is 12.3 Å². The smallest absolute Gasteiger partial charge is 0.325 e. The number of nitro groups is 1. The maximum absolute atomic E-state index is 12.7. The zero-order chi connectivity index (χ0) is 22.9. The molecule has 4 rings (SSSR count). The van der Waals surface area contributed by atoms with Crippen LogP contribution in [0, 0.1) is 10.1 Å². The number of carbonyl (C=O) groups excluding carboxylic acids is 3. The molecule has 2 unspecified atom stereocenters. The summed E-state index contributed by atoms with van der Waals surface area (Å²) in [6.45, 7) is 0.105. The molecule has 0 bridgehead atoms. The Kier molecular flexibility index (Phi) is 6.54. The fourth-order valence-electron chi connectivity index (χ4n) is 3.46. The van der Waals surface area contributed by atoms with Gasteiger partial charge in [-0.2, -0.15) is 0 Å². The van der Waals surface area contributed by atoms with Gasteiger partial charge in [-0.25, -0.2) is 0 Å². The van der Waals surface area contributed by atoms with Crippen LogP contribution in [0.4, 0.5) is 5.69 Å². The zero-order valence-electron chi connectivity index (χ0n) is 16.6. The molecule has 1 aromatic carbocycles. The minimum atomic E-state index is -1.06. The van der Waals surface area contributed by atoms with Gasteiger partial charge >= 0.3 is 5.97 Å². The van der Waals surface area contributed by atoms with Crippen molar-refractivity contribution in [1.82, 2.24) is 10.2 Å². The monoisotopic (exact) mass is 539 g/mol. The number of β-lactam (4-membered cyclic amide) rings is 1. The number of hydrogen-bond donors (Lipinski definition) is 1.